The van der Waals surface area contributed by atoms with Gasteiger partial charge < -0.3 is 10.4 Å². The van der Waals surface area contributed by atoms with Crippen LogP contribution in [0.15, 0.2) is 12.5 Å². The van der Waals surface area contributed by atoms with Crippen LogP contribution < -0.4 is 5.32 Å². The van der Waals surface area contributed by atoms with Gasteiger partial charge in [-0.3, -0.25) is 9.59 Å². The highest BCUT2D eigenvalue weighted by atomic mass is 16.4. The number of rotatable bonds is 5. The van der Waals surface area contributed by atoms with Gasteiger partial charge in [-0.05, 0) is 20.3 Å². The lowest BCUT2D eigenvalue weighted by Gasteiger charge is -2.13. The van der Waals surface area contributed by atoms with Crippen LogP contribution in [0.5, 0.6) is 0 Å². The molecule has 1 rings (SSSR count). The molecule has 1 aromatic heterocycles. The number of nitrogens with zero attached hydrogens (tertiary/aromatic N) is 2. The van der Waals surface area contributed by atoms with Crippen LogP contribution in [0.2, 0.25) is 0 Å². The standard InChI is InChI=1S/C11H15N3O3/c1-7(3-4-10(15)16)14-11(17)9-5-12-6-13-8(9)2/h5-7H,3-4H2,1-2H3,(H,14,17)(H,15,16). The smallest absolute Gasteiger partial charge is 0.303 e. The molecular weight excluding hydrogens is 222 g/mol. The predicted molar refractivity (Wildman–Crippen MR) is 60.6 cm³/mol. The number of carbonyl (C=O) groups is 2. The second-order valence-electron chi connectivity index (χ2n) is 3.83. The van der Waals surface area contributed by atoms with Gasteiger partial charge in [-0.15, -0.1) is 0 Å². The van der Waals surface area contributed by atoms with Crippen LogP contribution in [0, 0.1) is 6.92 Å². The van der Waals surface area contributed by atoms with E-state index >= 15 is 0 Å². The van der Waals surface area contributed by atoms with E-state index in [0.29, 0.717) is 17.7 Å². The van der Waals surface area contributed by atoms with Gasteiger partial charge in [0.05, 0.1) is 11.3 Å². The van der Waals surface area contributed by atoms with Crippen molar-refractivity contribution in [2.75, 3.05) is 0 Å². The van der Waals surface area contributed by atoms with Crippen LogP contribution in [0.1, 0.15) is 35.8 Å². The number of carboxylic acids is 1. The highest BCUT2D eigenvalue weighted by Gasteiger charge is 2.13. The second kappa shape index (κ2) is 5.93. The molecule has 1 atom stereocenters. The highest BCUT2D eigenvalue weighted by molar-refractivity contribution is 5.95. The van der Waals surface area contributed by atoms with Gasteiger partial charge in [0, 0.05) is 18.7 Å². The minimum atomic E-state index is -0.870. The maximum atomic E-state index is 11.8. The Kier molecular flexibility index (Phi) is 4.56. The van der Waals surface area contributed by atoms with Gasteiger partial charge in [-0.25, -0.2) is 9.97 Å². The predicted octanol–water partition coefficient (Wildman–Crippen LogP) is 0.768. The lowest BCUT2D eigenvalue weighted by molar-refractivity contribution is -0.137. The minimum absolute atomic E-state index is 0.0335. The monoisotopic (exact) mass is 237 g/mol. The molecule has 0 aliphatic heterocycles. The first-order valence-electron chi connectivity index (χ1n) is 5.30. The summed E-state index contributed by atoms with van der Waals surface area (Å²) in [6.45, 7) is 3.48. The van der Waals surface area contributed by atoms with Crippen molar-refractivity contribution in [3.05, 3.63) is 23.8 Å². The third-order valence-corrected chi connectivity index (χ3v) is 2.32. The van der Waals surface area contributed by atoms with Gasteiger partial charge in [0.1, 0.15) is 6.33 Å². The molecule has 0 aromatic carbocycles. The number of aromatic nitrogens is 2. The molecule has 2 N–H and O–H groups in total. The molecule has 0 saturated heterocycles. The molecule has 0 fully saturated rings. The van der Waals surface area contributed by atoms with E-state index in [2.05, 4.69) is 15.3 Å². The Morgan fingerprint density at radius 3 is 2.82 bits per heavy atom. The lowest BCUT2D eigenvalue weighted by atomic mass is 10.1. The zero-order valence-corrected chi connectivity index (χ0v) is 9.80. The van der Waals surface area contributed by atoms with Crippen molar-refractivity contribution < 1.29 is 14.7 Å². The molecule has 0 spiro atoms. The van der Waals surface area contributed by atoms with Crippen LogP contribution in [0.4, 0.5) is 0 Å². The van der Waals surface area contributed by atoms with E-state index in [4.69, 9.17) is 5.11 Å². The minimum Gasteiger partial charge on any atom is -0.481 e. The number of aryl methyl sites for hydroxylation is 1. The molecule has 0 bridgehead atoms. The van der Waals surface area contributed by atoms with Crippen molar-refractivity contribution >= 4 is 11.9 Å². The molecule has 0 saturated carbocycles. The van der Waals surface area contributed by atoms with E-state index in [9.17, 15) is 9.59 Å². The Morgan fingerprint density at radius 1 is 1.53 bits per heavy atom. The molecule has 1 unspecified atom stereocenters. The van der Waals surface area contributed by atoms with Gasteiger partial charge in [0.2, 0.25) is 0 Å². The van der Waals surface area contributed by atoms with E-state index in [1.165, 1.54) is 12.5 Å². The zero-order valence-electron chi connectivity index (χ0n) is 9.80. The first-order chi connectivity index (χ1) is 8.00. The van der Waals surface area contributed by atoms with E-state index < -0.39 is 5.97 Å². The van der Waals surface area contributed by atoms with Crippen LogP contribution in [-0.4, -0.2) is 33.0 Å². The van der Waals surface area contributed by atoms with E-state index in [0.717, 1.165) is 0 Å². The molecule has 1 aromatic rings. The summed E-state index contributed by atoms with van der Waals surface area (Å²) in [4.78, 5) is 29.9. The van der Waals surface area contributed by atoms with Crippen molar-refractivity contribution in [2.45, 2.75) is 32.7 Å². The van der Waals surface area contributed by atoms with Crippen molar-refractivity contribution in [1.29, 1.82) is 0 Å². The number of hydrogen-bond donors (Lipinski definition) is 2. The normalized spacial score (nSPS) is 11.9. The third kappa shape index (κ3) is 4.18. The van der Waals surface area contributed by atoms with Crippen molar-refractivity contribution in [2.24, 2.45) is 0 Å². The average Bonchev–Trinajstić information content (AvgIpc) is 2.26. The molecular formula is C11H15N3O3. The summed E-state index contributed by atoms with van der Waals surface area (Å²) in [5.41, 5.74) is 1.01. The molecule has 0 radical (unpaired) electrons. The molecule has 0 aliphatic carbocycles. The van der Waals surface area contributed by atoms with Crippen LogP contribution in [-0.2, 0) is 4.79 Å². The molecule has 92 valence electrons. The summed E-state index contributed by atoms with van der Waals surface area (Å²) in [6, 6.07) is -0.196. The maximum absolute atomic E-state index is 11.8. The summed E-state index contributed by atoms with van der Waals surface area (Å²) in [6.07, 6.45) is 3.25. The van der Waals surface area contributed by atoms with E-state index in [-0.39, 0.29) is 18.4 Å². The van der Waals surface area contributed by atoms with Gasteiger partial charge in [-0.2, -0.15) is 0 Å². The SMILES string of the molecule is Cc1ncncc1C(=O)NC(C)CCC(=O)O. The third-order valence-electron chi connectivity index (χ3n) is 2.32. The Hall–Kier alpha value is -1.98. The molecule has 17 heavy (non-hydrogen) atoms. The molecule has 1 amide bonds. The Labute approximate surface area is 99.1 Å². The Morgan fingerprint density at radius 2 is 2.24 bits per heavy atom. The first kappa shape index (κ1) is 13.1. The lowest BCUT2D eigenvalue weighted by Crippen LogP contribution is -2.33. The molecule has 6 heteroatoms. The molecule has 6 nitrogen and oxygen atoms in total. The van der Waals surface area contributed by atoms with Gasteiger partial charge in [0.25, 0.3) is 5.91 Å². The van der Waals surface area contributed by atoms with Gasteiger partial charge in [0.15, 0.2) is 0 Å². The summed E-state index contributed by atoms with van der Waals surface area (Å²) in [5, 5.41) is 11.2. The number of carboxylic acid groups (broad SMARTS) is 1. The number of hydrogen-bond acceptors (Lipinski definition) is 4. The summed E-state index contributed by atoms with van der Waals surface area (Å²) >= 11 is 0. The Bertz CT molecular complexity index is 420. The van der Waals surface area contributed by atoms with Crippen molar-refractivity contribution in [1.82, 2.24) is 15.3 Å². The van der Waals surface area contributed by atoms with Gasteiger partial charge >= 0.3 is 5.97 Å². The summed E-state index contributed by atoms with van der Waals surface area (Å²) in [7, 11) is 0. The fraction of sp³-hybridized carbons (Fsp3) is 0.455. The van der Waals surface area contributed by atoms with Crippen LogP contribution >= 0.6 is 0 Å². The molecule has 1 heterocycles. The number of carbonyl (C=O) groups excluding carboxylic acids is 1. The fourth-order valence-electron chi connectivity index (χ4n) is 1.33. The Balaban J connectivity index is 2.55. The van der Waals surface area contributed by atoms with Crippen LogP contribution in [0.3, 0.4) is 0 Å². The summed E-state index contributed by atoms with van der Waals surface area (Å²) in [5.74, 6) is -1.15. The second-order valence-corrected chi connectivity index (χ2v) is 3.83. The number of aliphatic carboxylic acids is 1. The van der Waals surface area contributed by atoms with E-state index in [1.807, 2.05) is 0 Å². The largest absolute Gasteiger partial charge is 0.481 e. The average molecular weight is 237 g/mol. The highest BCUT2D eigenvalue weighted by Crippen LogP contribution is 2.03. The van der Waals surface area contributed by atoms with Crippen molar-refractivity contribution in [3.63, 3.8) is 0 Å². The quantitative estimate of drug-likeness (QED) is 0.789. The van der Waals surface area contributed by atoms with Crippen molar-refractivity contribution in [3.8, 4) is 0 Å². The van der Waals surface area contributed by atoms with E-state index in [1.54, 1.807) is 13.8 Å². The number of amides is 1. The maximum Gasteiger partial charge on any atom is 0.303 e. The summed E-state index contributed by atoms with van der Waals surface area (Å²) < 4.78 is 0. The number of nitrogens with one attached hydrogen (secondary N) is 1. The fourth-order valence-corrected chi connectivity index (χ4v) is 1.33. The van der Waals surface area contributed by atoms with Crippen LogP contribution in [0.25, 0.3) is 0 Å². The first-order valence-corrected chi connectivity index (χ1v) is 5.30. The molecule has 0 aliphatic rings. The topological polar surface area (TPSA) is 92.2 Å². The van der Waals surface area contributed by atoms with Gasteiger partial charge in [-0.1, -0.05) is 0 Å². The zero-order chi connectivity index (χ0) is 12.8.